The maximum absolute atomic E-state index is 13.7. The summed E-state index contributed by atoms with van der Waals surface area (Å²) >= 11 is 0. The number of hydrogen-bond donors (Lipinski definition) is 0. The van der Waals surface area contributed by atoms with Crippen molar-refractivity contribution in [3.63, 3.8) is 0 Å². The van der Waals surface area contributed by atoms with E-state index >= 15 is 0 Å². The first-order valence-electron chi connectivity index (χ1n) is 5.09. The molecule has 4 nitrogen and oxygen atoms in total. The van der Waals surface area contributed by atoms with Crippen LogP contribution in [-0.4, -0.2) is 20.8 Å². The molecule has 0 saturated heterocycles. The maximum Gasteiger partial charge on any atom is 0.235 e. The van der Waals surface area contributed by atoms with E-state index in [0.717, 1.165) is 12.3 Å². The second kappa shape index (κ2) is 3.96. The van der Waals surface area contributed by atoms with E-state index in [1.165, 1.54) is 6.08 Å². The van der Waals surface area contributed by atoms with Gasteiger partial charge in [0.1, 0.15) is 5.54 Å². The van der Waals surface area contributed by atoms with Crippen LogP contribution in [0.25, 0.3) is 0 Å². The topological polar surface area (TPSA) is 63.6 Å². The zero-order valence-corrected chi connectivity index (χ0v) is 10.2. The second-order valence-electron chi connectivity index (χ2n) is 4.27. The highest BCUT2D eigenvalue weighted by Crippen LogP contribution is 2.50. The molecule has 0 spiro atoms. The number of aliphatic imine (C=N–C) groups is 1. The van der Waals surface area contributed by atoms with Crippen LogP contribution in [0.5, 0.6) is 0 Å². The van der Waals surface area contributed by atoms with Crippen molar-refractivity contribution in [1.82, 2.24) is 0 Å². The molecule has 0 aromatic heterocycles. The third kappa shape index (κ3) is 2.07. The molecule has 18 heavy (non-hydrogen) atoms. The molecule has 0 atom stereocenters. The number of rotatable bonds is 3. The third-order valence-corrected chi connectivity index (χ3v) is 4.01. The zero-order valence-electron chi connectivity index (χ0n) is 9.41. The Balaban J connectivity index is 2.68. The minimum absolute atomic E-state index is 0.203. The van der Waals surface area contributed by atoms with E-state index in [-0.39, 0.29) is 10.5 Å². The number of isocyanates is 1. The van der Waals surface area contributed by atoms with Crippen LogP contribution in [0.4, 0.5) is 8.78 Å². The first kappa shape index (κ1) is 12.9. The molecule has 1 aliphatic carbocycles. The van der Waals surface area contributed by atoms with Gasteiger partial charge in [0.2, 0.25) is 6.08 Å². The molecule has 0 heterocycles. The van der Waals surface area contributed by atoms with Crippen LogP contribution in [0.1, 0.15) is 18.4 Å². The molecule has 0 N–H and O–H groups in total. The third-order valence-electron chi connectivity index (χ3n) is 2.91. The Hall–Kier alpha value is -1.59. The minimum atomic E-state index is -3.66. The molecule has 0 radical (unpaired) electrons. The van der Waals surface area contributed by atoms with Crippen molar-refractivity contribution in [2.24, 2.45) is 4.99 Å². The van der Waals surface area contributed by atoms with E-state index in [0.29, 0.717) is 18.9 Å². The van der Waals surface area contributed by atoms with E-state index in [9.17, 15) is 22.0 Å². The van der Waals surface area contributed by atoms with Gasteiger partial charge in [-0.1, -0.05) is 0 Å². The molecule has 0 bridgehead atoms. The van der Waals surface area contributed by atoms with E-state index in [4.69, 9.17) is 0 Å². The van der Waals surface area contributed by atoms with E-state index < -0.39 is 27.0 Å². The van der Waals surface area contributed by atoms with Crippen LogP contribution in [0, 0.1) is 11.6 Å². The number of carbonyl (C=O) groups excluding carboxylic acids is 1. The smallest absolute Gasteiger partial charge is 0.224 e. The van der Waals surface area contributed by atoms with Gasteiger partial charge >= 0.3 is 0 Å². The summed E-state index contributed by atoms with van der Waals surface area (Å²) in [7, 11) is -3.66. The quantitative estimate of drug-likeness (QED) is 0.478. The summed E-state index contributed by atoms with van der Waals surface area (Å²) in [5, 5.41) is 0. The Bertz CT molecular complexity index is 659. The monoisotopic (exact) mass is 273 g/mol. The summed E-state index contributed by atoms with van der Waals surface area (Å²) in [6.07, 6.45) is 2.94. The predicted octanol–water partition coefficient (Wildman–Crippen LogP) is 1.69. The van der Waals surface area contributed by atoms with Gasteiger partial charge in [0.15, 0.2) is 21.5 Å². The van der Waals surface area contributed by atoms with Crippen molar-refractivity contribution in [3.8, 4) is 0 Å². The lowest BCUT2D eigenvalue weighted by molar-refractivity contribution is 0.480. The average molecular weight is 273 g/mol. The summed E-state index contributed by atoms with van der Waals surface area (Å²) in [5.74, 6) is -2.43. The molecule has 0 unspecified atom stereocenters. The zero-order chi connectivity index (χ0) is 13.6. The van der Waals surface area contributed by atoms with Gasteiger partial charge in [-0.2, -0.15) is 4.99 Å². The van der Waals surface area contributed by atoms with Gasteiger partial charge in [0.05, 0.1) is 4.90 Å². The number of sulfone groups is 1. The molecule has 1 aromatic rings. The highest BCUT2D eigenvalue weighted by atomic mass is 32.2. The van der Waals surface area contributed by atoms with Crippen molar-refractivity contribution in [2.45, 2.75) is 23.3 Å². The van der Waals surface area contributed by atoms with Crippen LogP contribution < -0.4 is 0 Å². The molecule has 0 aliphatic heterocycles. The maximum atomic E-state index is 13.7. The highest BCUT2D eigenvalue weighted by molar-refractivity contribution is 7.90. The molecule has 1 saturated carbocycles. The normalized spacial score (nSPS) is 17.1. The number of hydrogen-bond acceptors (Lipinski definition) is 4. The largest absolute Gasteiger partial charge is 0.235 e. The fourth-order valence-corrected chi connectivity index (χ4v) is 2.41. The molecule has 7 heteroatoms. The summed E-state index contributed by atoms with van der Waals surface area (Å²) in [6, 6.07) is 1.65. The van der Waals surface area contributed by atoms with Crippen molar-refractivity contribution in [2.75, 3.05) is 6.26 Å². The first-order valence-corrected chi connectivity index (χ1v) is 6.98. The van der Waals surface area contributed by atoms with Gasteiger partial charge in [0.25, 0.3) is 0 Å². The molecule has 1 aromatic carbocycles. The number of halogens is 2. The SMILES string of the molecule is CS(=O)(=O)c1cc(F)c(F)c(C2(N=C=O)CC2)c1. The van der Waals surface area contributed by atoms with Crippen molar-refractivity contribution in [3.05, 3.63) is 29.3 Å². The number of benzene rings is 1. The fraction of sp³-hybridized carbons (Fsp3) is 0.364. The Morgan fingerprint density at radius 2 is 1.94 bits per heavy atom. The Kier molecular flexibility index (Phi) is 2.83. The summed E-state index contributed by atoms with van der Waals surface area (Å²) in [4.78, 5) is 13.4. The fourth-order valence-electron chi connectivity index (χ4n) is 1.76. The molecular formula is C11H9F2NO3S. The van der Waals surface area contributed by atoms with E-state index in [2.05, 4.69) is 4.99 Å². The summed E-state index contributed by atoms with van der Waals surface area (Å²) in [6.45, 7) is 0. The van der Waals surface area contributed by atoms with Crippen molar-refractivity contribution in [1.29, 1.82) is 0 Å². The van der Waals surface area contributed by atoms with Gasteiger partial charge in [-0.05, 0) is 25.0 Å². The Morgan fingerprint density at radius 3 is 2.39 bits per heavy atom. The van der Waals surface area contributed by atoms with Crippen LogP contribution in [0.2, 0.25) is 0 Å². The molecular weight excluding hydrogens is 264 g/mol. The van der Waals surface area contributed by atoms with Gasteiger partial charge in [0, 0.05) is 11.8 Å². The minimum Gasteiger partial charge on any atom is -0.224 e. The molecule has 1 aliphatic rings. The molecule has 2 rings (SSSR count). The van der Waals surface area contributed by atoms with Gasteiger partial charge < -0.3 is 0 Å². The van der Waals surface area contributed by atoms with E-state index in [1.807, 2.05) is 0 Å². The summed E-state index contributed by atoms with van der Waals surface area (Å²) < 4.78 is 49.8. The predicted molar refractivity (Wildman–Crippen MR) is 58.5 cm³/mol. The standard InChI is InChI=1S/C11H9F2NO3S/c1-18(16,17)7-4-8(10(13)9(12)5-7)11(2-3-11)14-6-15/h4-5H,2-3H2,1H3. The van der Waals surface area contributed by atoms with Crippen LogP contribution >= 0.6 is 0 Å². The lowest BCUT2D eigenvalue weighted by Gasteiger charge is -2.11. The van der Waals surface area contributed by atoms with Crippen LogP contribution in [-0.2, 0) is 20.2 Å². The summed E-state index contributed by atoms with van der Waals surface area (Å²) in [5.41, 5.74) is -1.35. The van der Waals surface area contributed by atoms with E-state index in [1.54, 1.807) is 0 Å². The van der Waals surface area contributed by atoms with Gasteiger partial charge in [-0.15, -0.1) is 0 Å². The van der Waals surface area contributed by atoms with Crippen LogP contribution in [0.15, 0.2) is 22.0 Å². The first-order chi connectivity index (χ1) is 8.30. The average Bonchev–Trinajstić information content (AvgIpc) is 3.01. The Morgan fingerprint density at radius 1 is 1.33 bits per heavy atom. The lowest BCUT2D eigenvalue weighted by Crippen LogP contribution is -2.10. The molecule has 1 fully saturated rings. The van der Waals surface area contributed by atoms with Gasteiger partial charge in [-0.25, -0.2) is 22.0 Å². The van der Waals surface area contributed by atoms with Crippen molar-refractivity contribution >= 4 is 15.9 Å². The second-order valence-corrected chi connectivity index (χ2v) is 6.29. The van der Waals surface area contributed by atoms with Crippen LogP contribution in [0.3, 0.4) is 0 Å². The van der Waals surface area contributed by atoms with Gasteiger partial charge in [-0.3, -0.25) is 0 Å². The molecule has 0 amide bonds. The molecule has 96 valence electrons. The van der Waals surface area contributed by atoms with Crippen molar-refractivity contribution < 1.29 is 22.0 Å². The number of nitrogens with zero attached hydrogens (tertiary/aromatic N) is 1. The lowest BCUT2D eigenvalue weighted by atomic mass is 10.0. The Labute approximate surface area is 102 Å². The highest BCUT2D eigenvalue weighted by Gasteiger charge is 2.47.